The first-order valence-electron chi connectivity index (χ1n) is 6.44. The summed E-state index contributed by atoms with van der Waals surface area (Å²) in [4.78, 5) is 2.99. The third-order valence-corrected chi connectivity index (χ3v) is 4.11. The summed E-state index contributed by atoms with van der Waals surface area (Å²) in [5.74, 6) is 1.20. The second kappa shape index (κ2) is 6.55. The minimum Gasteiger partial charge on any atom is -0.496 e. The van der Waals surface area contributed by atoms with E-state index in [4.69, 9.17) is 34.3 Å². The molecule has 1 saturated heterocycles. The van der Waals surface area contributed by atoms with Crippen LogP contribution in [0.25, 0.3) is 0 Å². The van der Waals surface area contributed by atoms with Crippen molar-refractivity contribution in [1.29, 1.82) is 0 Å². The number of halogens is 1. The van der Waals surface area contributed by atoms with E-state index in [9.17, 15) is 0 Å². The zero-order valence-electron chi connectivity index (χ0n) is 11.1. The maximum Gasteiger partial charge on any atom is 0.123 e. The van der Waals surface area contributed by atoms with E-state index in [1.807, 2.05) is 18.2 Å². The Morgan fingerprint density at radius 1 is 1.58 bits per heavy atom. The summed E-state index contributed by atoms with van der Waals surface area (Å²) in [7, 11) is 1.68. The molecule has 3 nitrogen and oxygen atoms in total. The van der Waals surface area contributed by atoms with Gasteiger partial charge in [0.1, 0.15) is 5.75 Å². The number of hydrogen-bond acceptors (Lipinski definition) is 3. The van der Waals surface area contributed by atoms with Crippen molar-refractivity contribution in [1.82, 2.24) is 4.90 Å². The number of benzene rings is 1. The number of likely N-dealkylation sites (tertiary alicyclic amines) is 1. The molecule has 1 aliphatic rings. The molecule has 1 aliphatic heterocycles. The van der Waals surface area contributed by atoms with Crippen LogP contribution in [0.1, 0.15) is 18.4 Å². The molecule has 0 radical (unpaired) electrons. The highest BCUT2D eigenvalue weighted by Gasteiger charge is 2.22. The highest BCUT2D eigenvalue weighted by atomic mass is 35.5. The van der Waals surface area contributed by atoms with Gasteiger partial charge in [-0.15, -0.1) is 0 Å². The Bertz CT molecular complexity index is 467. The molecule has 0 bridgehead atoms. The van der Waals surface area contributed by atoms with Crippen LogP contribution in [0.2, 0.25) is 5.02 Å². The van der Waals surface area contributed by atoms with E-state index in [1.54, 1.807) is 7.11 Å². The monoisotopic (exact) mass is 298 g/mol. The quantitative estimate of drug-likeness (QED) is 0.868. The molecule has 104 valence electrons. The summed E-state index contributed by atoms with van der Waals surface area (Å²) >= 11 is 11.2. The maximum absolute atomic E-state index is 6.06. The largest absolute Gasteiger partial charge is 0.496 e. The van der Waals surface area contributed by atoms with Gasteiger partial charge in [0.15, 0.2) is 0 Å². The molecular formula is C14H19ClN2OS. The molecule has 1 fully saturated rings. The van der Waals surface area contributed by atoms with Crippen LogP contribution in [-0.2, 0) is 6.54 Å². The smallest absolute Gasteiger partial charge is 0.123 e. The van der Waals surface area contributed by atoms with Crippen molar-refractivity contribution >= 4 is 28.8 Å². The molecule has 0 aliphatic carbocycles. The average molecular weight is 299 g/mol. The van der Waals surface area contributed by atoms with Gasteiger partial charge >= 0.3 is 0 Å². The van der Waals surface area contributed by atoms with Crippen LogP contribution in [-0.4, -0.2) is 30.1 Å². The minimum atomic E-state index is 0.328. The zero-order chi connectivity index (χ0) is 13.8. The molecular weight excluding hydrogens is 280 g/mol. The average Bonchev–Trinajstić information content (AvgIpc) is 2.39. The third-order valence-electron chi connectivity index (χ3n) is 3.54. The van der Waals surface area contributed by atoms with Crippen molar-refractivity contribution in [3.05, 3.63) is 28.8 Å². The van der Waals surface area contributed by atoms with Crippen molar-refractivity contribution in [2.75, 3.05) is 20.2 Å². The number of nitrogens with two attached hydrogens (primary N) is 1. The molecule has 1 heterocycles. The number of hydrogen-bond donors (Lipinski definition) is 1. The van der Waals surface area contributed by atoms with Crippen LogP contribution in [0, 0.1) is 5.92 Å². The van der Waals surface area contributed by atoms with Gasteiger partial charge in [-0.25, -0.2) is 0 Å². The number of nitrogens with zero attached hydrogens (tertiary/aromatic N) is 1. The number of ether oxygens (including phenoxy) is 1. The number of methoxy groups -OCH3 is 1. The second-order valence-electron chi connectivity index (χ2n) is 4.93. The predicted molar refractivity (Wildman–Crippen MR) is 82.8 cm³/mol. The molecule has 0 spiro atoms. The van der Waals surface area contributed by atoms with Gasteiger partial charge in [0, 0.05) is 29.6 Å². The van der Waals surface area contributed by atoms with Crippen LogP contribution >= 0.6 is 23.8 Å². The topological polar surface area (TPSA) is 38.5 Å². The molecule has 5 heteroatoms. The Kier molecular flexibility index (Phi) is 5.02. The van der Waals surface area contributed by atoms with E-state index in [2.05, 4.69) is 4.90 Å². The molecule has 0 amide bonds. The standard InChI is InChI=1S/C14H19ClN2OS/c1-18-13-5-4-12(15)7-11(13)9-17-6-2-3-10(8-17)14(16)19/h4-5,7,10H,2-3,6,8-9H2,1H3,(H2,16,19). The highest BCUT2D eigenvalue weighted by molar-refractivity contribution is 7.80. The molecule has 19 heavy (non-hydrogen) atoms. The molecule has 0 aromatic heterocycles. The lowest BCUT2D eigenvalue weighted by atomic mass is 9.97. The first-order chi connectivity index (χ1) is 9.10. The fourth-order valence-electron chi connectivity index (χ4n) is 2.54. The molecule has 1 unspecified atom stereocenters. The minimum absolute atomic E-state index is 0.328. The van der Waals surface area contributed by atoms with Crippen LogP contribution < -0.4 is 10.5 Å². The number of piperidine rings is 1. The zero-order valence-corrected chi connectivity index (χ0v) is 12.6. The molecule has 2 N–H and O–H groups in total. The predicted octanol–water partition coefficient (Wildman–Crippen LogP) is 2.85. The Balaban J connectivity index is 2.08. The fraction of sp³-hybridized carbons (Fsp3) is 0.500. The van der Waals surface area contributed by atoms with Crippen molar-refractivity contribution in [2.45, 2.75) is 19.4 Å². The van der Waals surface area contributed by atoms with E-state index in [-0.39, 0.29) is 0 Å². The van der Waals surface area contributed by atoms with Crippen LogP contribution in [0.3, 0.4) is 0 Å². The summed E-state index contributed by atoms with van der Waals surface area (Å²) < 4.78 is 5.38. The molecule has 1 atom stereocenters. The van der Waals surface area contributed by atoms with Gasteiger partial charge in [0.05, 0.1) is 12.1 Å². The van der Waals surface area contributed by atoms with Gasteiger partial charge < -0.3 is 10.5 Å². The lowest BCUT2D eigenvalue weighted by Crippen LogP contribution is -2.40. The molecule has 0 saturated carbocycles. The van der Waals surface area contributed by atoms with Gasteiger partial charge in [-0.2, -0.15) is 0 Å². The van der Waals surface area contributed by atoms with E-state index < -0.39 is 0 Å². The normalized spacial score (nSPS) is 20.2. The van der Waals surface area contributed by atoms with Crippen LogP contribution in [0.15, 0.2) is 18.2 Å². The summed E-state index contributed by atoms with van der Waals surface area (Å²) in [5, 5.41) is 0.735. The van der Waals surface area contributed by atoms with E-state index >= 15 is 0 Å². The highest BCUT2D eigenvalue weighted by Crippen LogP contribution is 2.26. The third kappa shape index (κ3) is 3.81. The summed E-state index contributed by atoms with van der Waals surface area (Å²) in [6, 6.07) is 5.72. The Morgan fingerprint density at radius 3 is 3.05 bits per heavy atom. The van der Waals surface area contributed by atoms with Crippen LogP contribution in [0.5, 0.6) is 5.75 Å². The Labute approximate surface area is 124 Å². The SMILES string of the molecule is COc1ccc(Cl)cc1CN1CCCC(C(N)=S)C1. The first kappa shape index (κ1) is 14.6. The van der Waals surface area contributed by atoms with E-state index in [1.165, 1.54) is 0 Å². The van der Waals surface area contributed by atoms with Gasteiger partial charge in [0.25, 0.3) is 0 Å². The second-order valence-corrected chi connectivity index (χ2v) is 5.84. The molecule has 2 rings (SSSR count). The van der Waals surface area contributed by atoms with Crippen molar-refractivity contribution < 1.29 is 4.74 Å². The summed E-state index contributed by atoms with van der Waals surface area (Å²) in [6.45, 7) is 2.81. The summed E-state index contributed by atoms with van der Waals surface area (Å²) in [6.07, 6.45) is 2.23. The number of thiocarbonyl (C=S) groups is 1. The van der Waals surface area contributed by atoms with Crippen molar-refractivity contribution in [3.8, 4) is 5.75 Å². The summed E-state index contributed by atoms with van der Waals surface area (Å²) in [5.41, 5.74) is 6.87. The lowest BCUT2D eigenvalue weighted by Gasteiger charge is -2.32. The van der Waals surface area contributed by atoms with E-state index in [0.717, 1.165) is 48.8 Å². The first-order valence-corrected chi connectivity index (χ1v) is 7.23. The van der Waals surface area contributed by atoms with Gasteiger partial charge in [0.2, 0.25) is 0 Å². The molecule has 1 aromatic carbocycles. The molecule has 1 aromatic rings. The lowest BCUT2D eigenvalue weighted by molar-refractivity contribution is 0.195. The number of rotatable bonds is 4. The van der Waals surface area contributed by atoms with Crippen LogP contribution in [0.4, 0.5) is 0 Å². The maximum atomic E-state index is 6.06. The fourth-order valence-corrected chi connectivity index (χ4v) is 2.93. The van der Waals surface area contributed by atoms with Gasteiger partial charge in [-0.1, -0.05) is 23.8 Å². The van der Waals surface area contributed by atoms with Crippen molar-refractivity contribution in [3.63, 3.8) is 0 Å². The Hall–Kier alpha value is -0.840. The van der Waals surface area contributed by atoms with Crippen molar-refractivity contribution in [2.24, 2.45) is 11.7 Å². The van der Waals surface area contributed by atoms with E-state index in [0.29, 0.717) is 10.9 Å². The Morgan fingerprint density at radius 2 is 2.37 bits per heavy atom. The van der Waals surface area contributed by atoms with Gasteiger partial charge in [-0.05, 0) is 37.6 Å². The van der Waals surface area contributed by atoms with Gasteiger partial charge in [-0.3, -0.25) is 4.90 Å².